The zero-order chi connectivity index (χ0) is 20.1. The van der Waals surface area contributed by atoms with Crippen LogP contribution >= 0.6 is 0 Å². The highest BCUT2D eigenvalue weighted by molar-refractivity contribution is 5.46. The maximum Gasteiger partial charge on any atom is 0.272 e. The Morgan fingerprint density at radius 1 is 1.04 bits per heavy atom. The summed E-state index contributed by atoms with van der Waals surface area (Å²) in [6.07, 6.45) is 7.18. The predicted molar refractivity (Wildman–Crippen MR) is 110 cm³/mol. The second-order valence-electron chi connectivity index (χ2n) is 7.78. The van der Waals surface area contributed by atoms with E-state index in [-0.39, 0.29) is 27.2 Å². The van der Waals surface area contributed by atoms with E-state index in [4.69, 9.17) is 4.42 Å². The van der Waals surface area contributed by atoms with Crippen LogP contribution in [0.5, 0.6) is 0 Å². The van der Waals surface area contributed by atoms with Gasteiger partial charge in [0.25, 0.3) is 11.1 Å². The molecule has 3 rings (SSSR count). The Kier molecular flexibility index (Phi) is 5.78. The van der Waals surface area contributed by atoms with E-state index in [0.29, 0.717) is 17.9 Å². The summed E-state index contributed by atoms with van der Waals surface area (Å²) in [5.41, 5.74) is 0.837. The molecule has 0 saturated carbocycles. The number of aryl methyl sites for hydroxylation is 1. The molecule has 0 saturated heterocycles. The van der Waals surface area contributed by atoms with E-state index in [9.17, 15) is 9.59 Å². The Labute approximate surface area is 162 Å². The number of benzene rings is 1. The van der Waals surface area contributed by atoms with Crippen molar-refractivity contribution in [1.29, 1.82) is 0 Å². The van der Waals surface area contributed by atoms with Gasteiger partial charge < -0.3 is 14.4 Å². The molecule has 0 radical (unpaired) electrons. The number of hydrogen-bond donors (Lipinski definition) is 2. The van der Waals surface area contributed by atoms with Gasteiger partial charge in [0.15, 0.2) is 6.39 Å². The van der Waals surface area contributed by atoms with E-state index in [1.165, 1.54) is 12.0 Å². The van der Waals surface area contributed by atoms with Gasteiger partial charge in [0.1, 0.15) is 22.2 Å². The fourth-order valence-electron chi connectivity index (χ4n) is 2.99. The molecule has 0 fully saturated rings. The zero-order valence-electron chi connectivity index (χ0n) is 16.4. The summed E-state index contributed by atoms with van der Waals surface area (Å²) in [7, 11) is 0. The average molecular weight is 379 g/mol. The molecule has 146 valence electrons. The highest BCUT2D eigenvalue weighted by Crippen LogP contribution is 2.25. The Balaban J connectivity index is 1.83. The molecule has 1 aromatic carbocycles. The number of unbranched alkanes of at least 4 members (excludes halogenated alkanes) is 1. The molecule has 2 N–H and O–H groups in total. The standard InChI is InChI=1S/C22H25N3O3/c1-22(2,3)19-17(23-14-28-19)13-18-21(27)24-16(20(26)25-18)12-8-7-11-15-9-5-4-6-10-15/h4-6,9-10,12-14H,7-8,11H2,1-3H3,(H,24,27)(H,25,26)/b16-12-,18-13-. The molecule has 28 heavy (non-hydrogen) atoms. The molecule has 0 aliphatic rings. The Morgan fingerprint density at radius 3 is 2.43 bits per heavy atom. The number of hydrogen-bond acceptors (Lipinski definition) is 4. The van der Waals surface area contributed by atoms with Crippen molar-refractivity contribution in [2.24, 2.45) is 0 Å². The topological polar surface area (TPSA) is 91.8 Å². The number of H-pyrrole nitrogens is 2. The molecule has 0 aliphatic carbocycles. The van der Waals surface area contributed by atoms with Crippen LogP contribution in [-0.4, -0.2) is 15.0 Å². The summed E-state index contributed by atoms with van der Waals surface area (Å²) in [5.74, 6) is 0.657. The Bertz CT molecular complexity index is 1160. The van der Waals surface area contributed by atoms with Crippen molar-refractivity contribution in [1.82, 2.24) is 15.0 Å². The molecular formula is C22H25N3O3. The summed E-state index contributed by atoms with van der Waals surface area (Å²) in [5, 5.41) is 0.442. The maximum absolute atomic E-state index is 12.4. The van der Waals surface area contributed by atoms with Crippen molar-refractivity contribution in [3.05, 3.63) is 85.1 Å². The fourth-order valence-corrected chi connectivity index (χ4v) is 2.99. The molecule has 2 aromatic heterocycles. The summed E-state index contributed by atoms with van der Waals surface area (Å²) in [6.45, 7) is 5.97. The lowest BCUT2D eigenvalue weighted by Gasteiger charge is -2.14. The van der Waals surface area contributed by atoms with E-state index < -0.39 is 0 Å². The molecule has 0 unspecified atom stereocenters. The van der Waals surface area contributed by atoms with Crippen LogP contribution in [0.3, 0.4) is 0 Å². The first-order chi connectivity index (χ1) is 13.3. The monoisotopic (exact) mass is 379 g/mol. The van der Waals surface area contributed by atoms with Gasteiger partial charge in [-0.3, -0.25) is 9.59 Å². The SMILES string of the molecule is CC(C)(C)c1ocnc1/C=c1\[nH]c(=O)/c(=C/CCCc2ccccc2)[nH]c1=O. The van der Waals surface area contributed by atoms with Crippen LogP contribution in [0.2, 0.25) is 0 Å². The van der Waals surface area contributed by atoms with Gasteiger partial charge in [-0.2, -0.15) is 0 Å². The van der Waals surface area contributed by atoms with E-state index in [0.717, 1.165) is 12.8 Å². The first-order valence-electron chi connectivity index (χ1n) is 9.37. The molecule has 6 nitrogen and oxygen atoms in total. The minimum Gasteiger partial charge on any atom is -0.447 e. The third-order valence-corrected chi connectivity index (χ3v) is 4.40. The third-order valence-electron chi connectivity index (χ3n) is 4.40. The lowest BCUT2D eigenvalue weighted by Crippen LogP contribution is -2.46. The van der Waals surface area contributed by atoms with E-state index in [1.807, 2.05) is 39.0 Å². The normalized spacial score (nSPS) is 13.2. The maximum atomic E-state index is 12.4. The quantitative estimate of drug-likeness (QED) is 0.663. The van der Waals surface area contributed by atoms with E-state index in [2.05, 4.69) is 27.1 Å². The second-order valence-corrected chi connectivity index (χ2v) is 7.78. The molecule has 0 atom stereocenters. The number of nitrogens with zero attached hydrogens (tertiary/aromatic N) is 1. The fraction of sp³-hybridized carbons (Fsp3) is 0.318. The van der Waals surface area contributed by atoms with Crippen LogP contribution in [0.1, 0.15) is 50.6 Å². The minimum atomic E-state index is -0.364. The Hall–Kier alpha value is -3.15. The second kappa shape index (κ2) is 8.25. The first-order valence-corrected chi connectivity index (χ1v) is 9.37. The van der Waals surface area contributed by atoms with Gasteiger partial charge in [-0.05, 0) is 30.9 Å². The first kappa shape index (κ1) is 19.6. The largest absolute Gasteiger partial charge is 0.447 e. The van der Waals surface area contributed by atoms with Gasteiger partial charge in [-0.15, -0.1) is 0 Å². The van der Waals surface area contributed by atoms with Crippen LogP contribution in [0, 0.1) is 0 Å². The van der Waals surface area contributed by atoms with Crippen molar-refractivity contribution in [3.63, 3.8) is 0 Å². The summed E-state index contributed by atoms with van der Waals surface area (Å²) in [6, 6.07) is 10.2. The highest BCUT2D eigenvalue weighted by Gasteiger charge is 2.21. The van der Waals surface area contributed by atoms with Crippen molar-refractivity contribution in [2.45, 2.75) is 45.4 Å². The molecule has 0 bridgehead atoms. The van der Waals surface area contributed by atoms with Crippen molar-refractivity contribution in [3.8, 4) is 0 Å². The molecule has 0 amide bonds. The van der Waals surface area contributed by atoms with Gasteiger partial charge in [0.2, 0.25) is 0 Å². The van der Waals surface area contributed by atoms with Crippen molar-refractivity contribution in [2.75, 3.05) is 0 Å². The van der Waals surface area contributed by atoms with Gasteiger partial charge in [0.05, 0.1) is 0 Å². The lowest BCUT2D eigenvalue weighted by atomic mass is 9.92. The number of aromatic amines is 2. The summed E-state index contributed by atoms with van der Waals surface area (Å²) < 4.78 is 5.44. The smallest absolute Gasteiger partial charge is 0.272 e. The van der Waals surface area contributed by atoms with Crippen LogP contribution in [-0.2, 0) is 11.8 Å². The van der Waals surface area contributed by atoms with Crippen LogP contribution in [0.15, 0.2) is 50.7 Å². The predicted octanol–water partition coefficient (Wildman–Crippen LogP) is 1.98. The summed E-state index contributed by atoms with van der Waals surface area (Å²) in [4.78, 5) is 34.2. The molecule has 3 aromatic rings. The van der Waals surface area contributed by atoms with Gasteiger partial charge in [0, 0.05) is 5.41 Å². The van der Waals surface area contributed by atoms with Crippen LogP contribution in [0.4, 0.5) is 0 Å². The van der Waals surface area contributed by atoms with Crippen LogP contribution < -0.4 is 21.8 Å². The highest BCUT2D eigenvalue weighted by atomic mass is 16.3. The van der Waals surface area contributed by atoms with E-state index >= 15 is 0 Å². The van der Waals surface area contributed by atoms with Gasteiger partial charge >= 0.3 is 0 Å². The molecule has 2 heterocycles. The molecule has 0 aliphatic heterocycles. The zero-order valence-corrected chi connectivity index (χ0v) is 16.4. The molecule has 0 spiro atoms. The van der Waals surface area contributed by atoms with E-state index in [1.54, 1.807) is 12.2 Å². The van der Waals surface area contributed by atoms with Gasteiger partial charge in [-0.25, -0.2) is 4.98 Å². The van der Waals surface area contributed by atoms with Gasteiger partial charge in [-0.1, -0.05) is 57.2 Å². The average Bonchev–Trinajstić information content (AvgIpc) is 3.12. The van der Waals surface area contributed by atoms with Crippen molar-refractivity contribution >= 4 is 12.2 Å². The number of aromatic nitrogens is 3. The third kappa shape index (κ3) is 4.76. The number of oxazole rings is 1. The Morgan fingerprint density at radius 2 is 1.71 bits per heavy atom. The summed E-state index contributed by atoms with van der Waals surface area (Å²) >= 11 is 0. The number of rotatable bonds is 5. The minimum absolute atomic E-state index is 0.158. The van der Waals surface area contributed by atoms with Crippen LogP contribution in [0.25, 0.3) is 12.2 Å². The molecular weight excluding hydrogens is 354 g/mol. The van der Waals surface area contributed by atoms with Crippen molar-refractivity contribution < 1.29 is 4.42 Å². The lowest BCUT2D eigenvalue weighted by molar-refractivity contribution is 0.407. The molecule has 6 heteroatoms. The number of nitrogens with one attached hydrogen (secondary N) is 2.